The van der Waals surface area contributed by atoms with E-state index in [0.717, 1.165) is 11.1 Å². The minimum atomic E-state index is -0.855. The molecule has 1 aliphatic heterocycles. The summed E-state index contributed by atoms with van der Waals surface area (Å²) in [6, 6.07) is 15.9. The molecule has 2 aromatic rings. The van der Waals surface area contributed by atoms with E-state index in [4.69, 9.17) is 4.74 Å². The van der Waals surface area contributed by atoms with Crippen molar-refractivity contribution in [2.75, 3.05) is 13.2 Å². The van der Waals surface area contributed by atoms with Crippen molar-refractivity contribution in [1.29, 1.82) is 0 Å². The predicted octanol–water partition coefficient (Wildman–Crippen LogP) is 4.41. The lowest BCUT2D eigenvalue weighted by Gasteiger charge is -2.24. The highest BCUT2D eigenvalue weighted by molar-refractivity contribution is 5.80. The Morgan fingerprint density at radius 3 is 2.26 bits per heavy atom. The Morgan fingerprint density at radius 1 is 1.09 bits per heavy atom. The lowest BCUT2D eigenvalue weighted by Crippen LogP contribution is -2.40. The second kappa shape index (κ2) is 10.3. The lowest BCUT2D eigenvalue weighted by molar-refractivity contribution is -0.143. The molecule has 2 aromatic carbocycles. The van der Waals surface area contributed by atoms with Crippen molar-refractivity contribution in [3.05, 3.63) is 59.7 Å². The van der Waals surface area contributed by atoms with Crippen LogP contribution in [0.5, 0.6) is 0 Å². The quantitative estimate of drug-likeness (QED) is 0.604. The topological polar surface area (TPSA) is 95.9 Å². The number of aliphatic carboxylic acids is 1. The highest BCUT2D eigenvalue weighted by Crippen LogP contribution is 2.44. The molecule has 0 aromatic heterocycles. The van der Waals surface area contributed by atoms with Gasteiger partial charge >= 0.3 is 12.1 Å². The third kappa shape index (κ3) is 4.79. The van der Waals surface area contributed by atoms with E-state index in [0.29, 0.717) is 25.8 Å². The third-order valence-electron chi connectivity index (χ3n) is 7.26. The number of nitrogens with one attached hydrogen (secondary N) is 1. The maximum Gasteiger partial charge on any atom is 0.407 e. The Kier molecular flexibility index (Phi) is 7.20. The lowest BCUT2D eigenvalue weighted by atomic mass is 9.98. The van der Waals surface area contributed by atoms with Crippen molar-refractivity contribution in [1.82, 2.24) is 10.2 Å². The zero-order chi connectivity index (χ0) is 24.2. The number of carboxylic acids is 1. The average Bonchev–Trinajstić information content (AvgIpc) is 3.38. The first-order chi connectivity index (χ1) is 16.4. The highest BCUT2D eigenvalue weighted by atomic mass is 16.5. The van der Waals surface area contributed by atoms with Gasteiger partial charge in [0, 0.05) is 31.0 Å². The van der Waals surface area contributed by atoms with Gasteiger partial charge in [-0.05, 0) is 48.4 Å². The van der Waals surface area contributed by atoms with Gasteiger partial charge in [0.15, 0.2) is 0 Å². The zero-order valence-electron chi connectivity index (χ0n) is 19.7. The molecule has 1 fully saturated rings. The SMILES string of the molecule is CCC(CCC(=O)N1CCC(C(=O)O)C1C)NC(=O)OCC1c2ccccc2-c2ccccc21. The molecule has 2 N–H and O–H groups in total. The second-order valence-electron chi connectivity index (χ2n) is 9.17. The van der Waals surface area contributed by atoms with Crippen LogP contribution in [0.25, 0.3) is 11.1 Å². The Hall–Kier alpha value is -3.35. The van der Waals surface area contributed by atoms with Crippen LogP contribution in [0, 0.1) is 5.92 Å². The first kappa shape index (κ1) is 23.8. The molecule has 3 atom stereocenters. The van der Waals surface area contributed by atoms with Crippen LogP contribution in [0.4, 0.5) is 4.79 Å². The highest BCUT2D eigenvalue weighted by Gasteiger charge is 2.38. The molecule has 2 aliphatic rings. The number of rotatable bonds is 8. The summed E-state index contributed by atoms with van der Waals surface area (Å²) in [5.74, 6) is -1.43. The molecule has 4 rings (SSSR count). The molecule has 34 heavy (non-hydrogen) atoms. The predicted molar refractivity (Wildman–Crippen MR) is 128 cm³/mol. The number of amides is 2. The van der Waals surface area contributed by atoms with E-state index in [1.165, 1.54) is 11.1 Å². The number of carbonyl (C=O) groups excluding carboxylic acids is 2. The first-order valence-electron chi connectivity index (χ1n) is 12.0. The summed E-state index contributed by atoms with van der Waals surface area (Å²) < 4.78 is 5.63. The third-order valence-corrected chi connectivity index (χ3v) is 7.26. The van der Waals surface area contributed by atoms with Crippen LogP contribution in [0.15, 0.2) is 48.5 Å². The summed E-state index contributed by atoms with van der Waals surface area (Å²) in [4.78, 5) is 38.2. The summed E-state index contributed by atoms with van der Waals surface area (Å²) in [5.41, 5.74) is 4.68. The van der Waals surface area contributed by atoms with Gasteiger partial charge in [-0.2, -0.15) is 0 Å². The van der Waals surface area contributed by atoms with Crippen molar-refractivity contribution in [3.63, 3.8) is 0 Å². The van der Waals surface area contributed by atoms with Crippen molar-refractivity contribution < 1.29 is 24.2 Å². The Balaban J connectivity index is 1.29. The molecular formula is C27H32N2O5. The molecule has 180 valence electrons. The van der Waals surface area contributed by atoms with Gasteiger partial charge in [0.25, 0.3) is 0 Å². The monoisotopic (exact) mass is 464 g/mol. The van der Waals surface area contributed by atoms with Gasteiger partial charge < -0.3 is 20.1 Å². The molecule has 0 saturated carbocycles. The molecule has 0 bridgehead atoms. The van der Waals surface area contributed by atoms with Gasteiger partial charge in [0.05, 0.1) is 5.92 Å². The number of carboxylic acid groups (broad SMARTS) is 1. The molecule has 0 radical (unpaired) electrons. The van der Waals surface area contributed by atoms with Crippen LogP contribution >= 0.6 is 0 Å². The first-order valence-corrected chi connectivity index (χ1v) is 12.0. The molecule has 0 spiro atoms. The van der Waals surface area contributed by atoms with E-state index in [1.54, 1.807) is 11.8 Å². The van der Waals surface area contributed by atoms with Gasteiger partial charge in [-0.1, -0.05) is 55.5 Å². The van der Waals surface area contributed by atoms with Crippen molar-refractivity contribution in [2.45, 2.75) is 57.5 Å². The number of ether oxygens (including phenoxy) is 1. The summed E-state index contributed by atoms with van der Waals surface area (Å²) in [6.07, 6.45) is 1.42. The Bertz CT molecular complexity index is 1020. The van der Waals surface area contributed by atoms with E-state index in [9.17, 15) is 19.5 Å². The fraction of sp³-hybridized carbons (Fsp3) is 0.444. The van der Waals surface area contributed by atoms with Crippen molar-refractivity contribution in [2.24, 2.45) is 5.92 Å². The van der Waals surface area contributed by atoms with Crippen molar-refractivity contribution in [3.8, 4) is 11.1 Å². The fourth-order valence-corrected chi connectivity index (χ4v) is 5.25. The molecule has 1 heterocycles. The maximum absolute atomic E-state index is 12.7. The standard InChI is InChI=1S/C27H32N2O5/c1-3-18(12-13-25(30)29-15-14-19(17(29)2)26(31)32)28-27(33)34-16-24-22-10-6-4-8-20(22)21-9-5-7-11-23(21)24/h4-11,17-19,24H,3,12-16H2,1-2H3,(H,28,33)(H,31,32). The van der Waals surface area contributed by atoms with Crippen LogP contribution in [0.1, 0.15) is 56.6 Å². The minimum Gasteiger partial charge on any atom is -0.481 e. The number of carbonyl (C=O) groups is 3. The van der Waals surface area contributed by atoms with Crippen LogP contribution in [0.3, 0.4) is 0 Å². The van der Waals surface area contributed by atoms with E-state index in [1.807, 2.05) is 31.2 Å². The molecule has 2 amide bonds. The van der Waals surface area contributed by atoms with Gasteiger partial charge in [-0.25, -0.2) is 4.79 Å². The van der Waals surface area contributed by atoms with Gasteiger partial charge in [0.1, 0.15) is 6.61 Å². The van der Waals surface area contributed by atoms with E-state index >= 15 is 0 Å². The number of likely N-dealkylation sites (tertiary alicyclic amines) is 1. The normalized spacial score (nSPS) is 19.9. The van der Waals surface area contributed by atoms with Crippen LogP contribution in [-0.4, -0.2) is 53.2 Å². The van der Waals surface area contributed by atoms with Crippen LogP contribution in [0.2, 0.25) is 0 Å². The van der Waals surface area contributed by atoms with Crippen molar-refractivity contribution >= 4 is 18.0 Å². The largest absolute Gasteiger partial charge is 0.481 e. The number of nitrogens with zero attached hydrogens (tertiary/aromatic N) is 1. The second-order valence-corrected chi connectivity index (χ2v) is 9.17. The summed E-state index contributed by atoms with van der Waals surface area (Å²) >= 11 is 0. The fourth-order valence-electron chi connectivity index (χ4n) is 5.25. The number of hydrogen-bond donors (Lipinski definition) is 2. The molecule has 1 aliphatic carbocycles. The number of hydrogen-bond acceptors (Lipinski definition) is 4. The number of benzene rings is 2. The van der Waals surface area contributed by atoms with Gasteiger partial charge in [-0.3, -0.25) is 9.59 Å². The summed E-state index contributed by atoms with van der Waals surface area (Å²) in [7, 11) is 0. The molecular weight excluding hydrogens is 432 g/mol. The van der Waals surface area contributed by atoms with Crippen LogP contribution in [-0.2, 0) is 14.3 Å². The summed E-state index contributed by atoms with van der Waals surface area (Å²) in [6.45, 7) is 4.46. The zero-order valence-corrected chi connectivity index (χ0v) is 19.7. The smallest absolute Gasteiger partial charge is 0.407 e. The van der Waals surface area contributed by atoms with E-state index in [-0.39, 0.29) is 36.9 Å². The van der Waals surface area contributed by atoms with E-state index < -0.39 is 18.0 Å². The molecule has 7 heteroatoms. The number of fused-ring (bicyclic) bond motifs is 3. The van der Waals surface area contributed by atoms with Crippen LogP contribution < -0.4 is 5.32 Å². The Labute approximate surface area is 200 Å². The van der Waals surface area contributed by atoms with Gasteiger partial charge in [0.2, 0.25) is 5.91 Å². The Morgan fingerprint density at radius 2 is 1.71 bits per heavy atom. The average molecular weight is 465 g/mol. The molecule has 3 unspecified atom stereocenters. The minimum absolute atomic E-state index is 0.00126. The maximum atomic E-state index is 12.7. The van der Waals surface area contributed by atoms with Gasteiger partial charge in [-0.15, -0.1) is 0 Å². The van der Waals surface area contributed by atoms with E-state index in [2.05, 4.69) is 29.6 Å². The summed E-state index contributed by atoms with van der Waals surface area (Å²) in [5, 5.41) is 12.2. The molecule has 1 saturated heterocycles. The number of alkyl carbamates (subject to hydrolysis) is 1. The molecule has 7 nitrogen and oxygen atoms in total.